The molecule has 0 radical (unpaired) electrons. The van der Waals surface area contributed by atoms with Gasteiger partial charge in [-0.1, -0.05) is 23.8 Å². The summed E-state index contributed by atoms with van der Waals surface area (Å²) in [5.74, 6) is 1.50. The third kappa shape index (κ3) is 4.49. The maximum atomic E-state index is 10.1. The van der Waals surface area contributed by atoms with E-state index in [-0.39, 0.29) is 5.75 Å². The van der Waals surface area contributed by atoms with Crippen molar-refractivity contribution in [1.82, 2.24) is 0 Å². The highest BCUT2D eigenvalue weighted by molar-refractivity contribution is 5.84. The number of hydrogen-bond donors (Lipinski definition) is 1. The highest BCUT2D eigenvalue weighted by Crippen LogP contribution is 2.28. The summed E-state index contributed by atoms with van der Waals surface area (Å²) in [5, 5.41) is 10.1. The predicted octanol–water partition coefficient (Wildman–Crippen LogP) is 3.77. The third-order valence-corrected chi connectivity index (χ3v) is 3.51. The van der Waals surface area contributed by atoms with Gasteiger partial charge in [0.05, 0.1) is 13.7 Å². The van der Waals surface area contributed by atoms with Crippen molar-refractivity contribution >= 4 is 6.21 Å². The first-order valence-electron chi connectivity index (χ1n) is 7.73. The number of aromatic hydroxyl groups is 1. The number of hydrogen-bond acceptors (Lipinski definition) is 4. The lowest BCUT2D eigenvalue weighted by Crippen LogP contribution is -1.97. The number of rotatable bonds is 7. The summed E-state index contributed by atoms with van der Waals surface area (Å²) in [6, 6.07) is 11.5. The number of nitrogens with zero attached hydrogens (tertiary/aromatic N) is 1. The Balaban J connectivity index is 2.03. The molecule has 0 bridgehead atoms. The second-order valence-electron chi connectivity index (χ2n) is 5.23. The Hall–Kier alpha value is -2.49. The molecule has 2 rings (SSSR count). The maximum Gasteiger partial charge on any atom is 0.166 e. The van der Waals surface area contributed by atoms with Gasteiger partial charge in [0.25, 0.3) is 0 Å². The smallest absolute Gasteiger partial charge is 0.166 e. The van der Waals surface area contributed by atoms with Gasteiger partial charge in [-0.15, -0.1) is 0 Å². The molecule has 4 heteroatoms. The number of phenolic OH excluding ortho intramolecular Hbond substituents is 1. The van der Waals surface area contributed by atoms with Gasteiger partial charge in [-0.25, -0.2) is 0 Å². The summed E-state index contributed by atoms with van der Waals surface area (Å²) in [5.41, 5.74) is 3.00. The van der Waals surface area contributed by atoms with Crippen LogP contribution in [0.3, 0.4) is 0 Å². The highest BCUT2D eigenvalue weighted by Gasteiger charge is 2.06. The molecule has 0 aliphatic rings. The van der Waals surface area contributed by atoms with Crippen molar-refractivity contribution in [1.29, 1.82) is 0 Å². The number of methoxy groups -OCH3 is 1. The summed E-state index contributed by atoms with van der Waals surface area (Å²) in [6.07, 6.45) is 2.47. The van der Waals surface area contributed by atoms with Gasteiger partial charge in [-0.3, -0.25) is 4.99 Å². The molecule has 0 aromatic heterocycles. The molecular formula is C19H23NO3. The molecule has 4 nitrogen and oxygen atoms in total. The lowest BCUT2D eigenvalue weighted by atomic mass is 10.1. The van der Waals surface area contributed by atoms with Crippen LogP contribution in [0.4, 0.5) is 0 Å². The van der Waals surface area contributed by atoms with E-state index in [0.29, 0.717) is 24.5 Å². The van der Waals surface area contributed by atoms with Crippen molar-refractivity contribution in [3.8, 4) is 17.2 Å². The maximum absolute atomic E-state index is 10.1. The van der Waals surface area contributed by atoms with E-state index in [1.807, 2.05) is 31.2 Å². The first-order valence-corrected chi connectivity index (χ1v) is 7.73. The Morgan fingerprint density at radius 3 is 2.74 bits per heavy atom. The topological polar surface area (TPSA) is 51.0 Å². The summed E-state index contributed by atoms with van der Waals surface area (Å²) >= 11 is 0. The molecule has 0 heterocycles. The molecule has 2 aromatic rings. The Kier molecular flexibility index (Phi) is 6.03. The molecule has 0 atom stereocenters. The quantitative estimate of drug-likeness (QED) is 0.792. The van der Waals surface area contributed by atoms with E-state index < -0.39 is 0 Å². The zero-order chi connectivity index (χ0) is 16.7. The molecule has 0 spiro atoms. The zero-order valence-corrected chi connectivity index (χ0v) is 13.9. The van der Waals surface area contributed by atoms with Crippen molar-refractivity contribution in [2.24, 2.45) is 4.99 Å². The summed E-state index contributed by atoms with van der Waals surface area (Å²) in [4.78, 5) is 4.41. The molecule has 0 amide bonds. The van der Waals surface area contributed by atoms with Crippen LogP contribution in [-0.2, 0) is 6.42 Å². The predicted molar refractivity (Wildman–Crippen MR) is 93.2 cm³/mol. The average Bonchev–Trinajstić information content (AvgIpc) is 2.55. The largest absolute Gasteiger partial charge is 0.504 e. The van der Waals surface area contributed by atoms with E-state index >= 15 is 0 Å². The van der Waals surface area contributed by atoms with Crippen LogP contribution in [0.15, 0.2) is 41.4 Å². The monoisotopic (exact) mass is 313 g/mol. The Labute approximate surface area is 137 Å². The number of para-hydroxylation sites is 1. The number of ether oxygens (including phenoxy) is 2. The van der Waals surface area contributed by atoms with Crippen LogP contribution in [0.25, 0.3) is 0 Å². The summed E-state index contributed by atoms with van der Waals surface area (Å²) in [7, 11) is 1.68. The van der Waals surface area contributed by atoms with Gasteiger partial charge < -0.3 is 14.6 Å². The van der Waals surface area contributed by atoms with Gasteiger partial charge in [0.1, 0.15) is 5.75 Å². The van der Waals surface area contributed by atoms with Crippen LogP contribution in [0.1, 0.15) is 23.6 Å². The molecule has 23 heavy (non-hydrogen) atoms. The number of benzene rings is 2. The van der Waals surface area contributed by atoms with Crippen molar-refractivity contribution < 1.29 is 14.6 Å². The lowest BCUT2D eigenvalue weighted by molar-refractivity contribution is 0.318. The minimum atomic E-state index is 0.131. The van der Waals surface area contributed by atoms with E-state index in [1.165, 1.54) is 5.56 Å². The second kappa shape index (κ2) is 8.22. The van der Waals surface area contributed by atoms with Gasteiger partial charge in [-0.05, 0) is 44.0 Å². The van der Waals surface area contributed by atoms with Crippen molar-refractivity contribution in [2.45, 2.75) is 20.3 Å². The van der Waals surface area contributed by atoms with Crippen molar-refractivity contribution in [2.75, 3.05) is 20.3 Å². The van der Waals surface area contributed by atoms with Crippen LogP contribution >= 0.6 is 0 Å². The second-order valence-corrected chi connectivity index (χ2v) is 5.23. The van der Waals surface area contributed by atoms with Gasteiger partial charge in [0.2, 0.25) is 0 Å². The Morgan fingerprint density at radius 1 is 1.17 bits per heavy atom. The number of aliphatic imine (C=N–C) groups is 1. The van der Waals surface area contributed by atoms with Crippen molar-refractivity contribution in [3.05, 3.63) is 53.1 Å². The molecule has 0 aliphatic heterocycles. The van der Waals surface area contributed by atoms with Crippen LogP contribution in [-0.4, -0.2) is 31.6 Å². The van der Waals surface area contributed by atoms with Crippen molar-refractivity contribution in [3.63, 3.8) is 0 Å². The first-order chi connectivity index (χ1) is 11.2. The van der Waals surface area contributed by atoms with E-state index in [9.17, 15) is 5.11 Å². The van der Waals surface area contributed by atoms with E-state index in [2.05, 4.69) is 18.0 Å². The standard InChI is InChI=1S/C19H23NO3/c1-4-23-18-7-5-6-16(19(18)21)13-20-11-10-15-12-14(2)8-9-17(15)22-3/h5-9,12-13,21H,4,10-11H2,1-3H3. The molecule has 2 aromatic carbocycles. The SMILES string of the molecule is CCOc1cccc(C=NCCc2cc(C)ccc2OC)c1O. The molecule has 0 aliphatic carbocycles. The molecular weight excluding hydrogens is 290 g/mol. The highest BCUT2D eigenvalue weighted by atomic mass is 16.5. The molecule has 0 saturated carbocycles. The minimum Gasteiger partial charge on any atom is -0.504 e. The van der Waals surface area contributed by atoms with E-state index in [4.69, 9.17) is 9.47 Å². The van der Waals surface area contributed by atoms with Gasteiger partial charge >= 0.3 is 0 Å². The lowest BCUT2D eigenvalue weighted by Gasteiger charge is -2.08. The van der Waals surface area contributed by atoms with Crippen LogP contribution < -0.4 is 9.47 Å². The van der Waals surface area contributed by atoms with Gasteiger partial charge in [0.15, 0.2) is 11.5 Å². The number of aryl methyl sites for hydroxylation is 1. The fourth-order valence-corrected chi connectivity index (χ4v) is 2.37. The molecule has 122 valence electrons. The normalized spacial score (nSPS) is 10.9. The van der Waals surface area contributed by atoms with E-state index in [0.717, 1.165) is 17.7 Å². The molecule has 0 unspecified atom stereocenters. The molecule has 1 N–H and O–H groups in total. The number of phenols is 1. The fourth-order valence-electron chi connectivity index (χ4n) is 2.37. The Bertz CT molecular complexity index is 680. The third-order valence-electron chi connectivity index (χ3n) is 3.51. The Morgan fingerprint density at radius 2 is 2.00 bits per heavy atom. The first kappa shape index (κ1) is 16.9. The zero-order valence-electron chi connectivity index (χ0n) is 13.9. The molecule has 0 fully saturated rings. The van der Waals surface area contributed by atoms with Crippen LogP contribution in [0, 0.1) is 6.92 Å². The van der Waals surface area contributed by atoms with Crippen LogP contribution in [0.5, 0.6) is 17.2 Å². The average molecular weight is 313 g/mol. The van der Waals surface area contributed by atoms with Crippen LogP contribution in [0.2, 0.25) is 0 Å². The van der Waals surface area contributed by atoms with E-state index in [1.54, 1.807) is 19.4 Å². The fraction of sp³-hybridized carbons (Fsp3) is 0.316. The van der Waals surface area contributed by atoms with Gasteiger partial charge in [0, 0.05) is 18.3 Å². The summed E-state index contributed by atoms with van der Waals surface area (Å²) < 4.78 is 10.7. The molecule has 0 saturated heterocycles. The minimum absolute atomic E-state index is 0.131. The summed E-state index contributed by atoms with van der Waals surface area (Å²) in [6.45, 7) is 5.08. The van der Waals surface area contributed by atoms with Gasteiger partial charge in [-0.2, -0.15) is 0 Å².